The number of carbonyl (C=O) groups is 1. The van der Waals surface area contributed by atoms with Crippen LogP contribution in [0.4, 0.5) is 21.0 Å². The van der Waals surface area contributed by atoms with E-state index in [1.54, 1.807) is 17.2 Å². The minimum absolute atomic E-state index is 0.145. The maximum absolute atomic E-state index is 16.9. The minimum Gasteiger partial charge on any atom is -0.444 e. The molecular formula is C33H44ClFN8O2. The molecule has 4 aromatic rings. The van der Waals surface area contributed by atoms with Gasteiger partial charge < -0.3 is 24.8 Å². The third-order valence-electron chi connectivity index (χ3n) is 8.53. The molecule has 2 N–H and O–H groups in total. The topological polar surface area (TPSA) is 103 Å². The number of ether oxygens (including phenoxy) is 1. The average molecular weight is 639 g/mol. The molecule has 45 heavy (non-hydrogen) atoms. The van der Waals surface area contributed by atoms with Gasteiger partial charge in [0.05, 0.1) is 16.7 Å². The number of benzene rings is 2. The Morgan fingerprint density at radius 2 is 1.91 bits per heavy atom. The molecule has 1 amide bonds. The highest BCUT2D eigenvalue weighted by Gasteiger charge is 2.36. The number of halogens is 2. The molecule has 5 rings (SSSR count). The van der Waals surface area contributed by atoms with Gasteiger partial charge in [0, 0.05) is 59.7 Å². The van der Waals surface area contributed by atoms with Crippen LogP contribution in [0.5, 0.6) is 0 Å². The molecule has 12 heteroatoms. The largest absolute Gasteiger partial charge is 0.444 e. The van der Waals surface area contributed by atoms with Gasteiger partial charge in [-0.2, -0.15) is 10.1 Å². The van der Waals surface area contributed by atoms with Gasteiger partial charge in [-0.05, 0) is 79.8 Å². The summed E-state index contributed by atoms with van der Waals surface area (Å²) in [6, 6.07) is 5.51. The number of rotatable bonds is 7. The second kappa shape index (κ2) is 12.6. The van der Waals surface area contributed by atoms with Gasteiger partial charge in [0.2, 0.25) is 5.95 Å². The third kappa shape index (κ3) is 6.51. The van der Waals surface area contributed by atoms with Gasteiger partial charge in [-0.25, -0.2) is 14.2 Å². The van der Waals surface area contributed by atoms with Gasteiger partial charge >= 0.3 is 6.09 Å². The van der Waals surface area contributed by atoms with Crippen LogP contribution in [-0.2, 0) is 4.74 Å². The van der Waals surface area contributed by atoms with E-state index in [4.69, 9.17) is 26.3 Å². The molecule has 2 aromatic carbocycles. The smallest absolute Gasteiger partial charge is 0.410 e. The molecule has 1 aliphatic heterocycles. The maximum atomic E-state index is 16.9. The molecule has 0 radical (unpaired) electrons. The summed E-state index contributed by atoms with van der Waals surface area (Å²) in [4.78, 5) is 28.7. The lowest BCUT2D eigenvalue weighted by Gasteiger charge is -2.45. The third-order valence-corrected chi connectivity index (χ3v) is 8.83. The van der Waals surface area contributed by atoms with Crippen LogP contribution < -0.4 is 10.2 Å². The molecule has 3 atom stereocenters. The first-order chi connectivity index (χ1) is 21.2. The fraction of sp³-hybridized carbons (Fsp3) is 0.515. The average Bonchev–Trinajstić information content (AvgIpc) is 3.43. The van der Waals surface area contributed by atoms with Crippen molar-refractivity contribution in [2.24, 2.45) is 0 Å². The Labute approximate surface area is 269 Å². The van der Waals surface area contributed by atoms with Gasteiger partial charge in [-0.1, -0.05) is 24.6 Å². The zero-order valence-corrected chi connectivity index (χ0v) is 28.4. The van der Waals surface area contributed by atoms with Crippen LogP contribution in [0.1, 0.15) is 53.5 Å². The molecule has 0 saturated carbocycles. The van der Waals surface area contributed by atoms with Crippen LogP contribution in [0.25, 0.3) is 32.9 Å². The monoisotopic (exact) mass is 638 g/mol. The molecule has 1 fully saturated rings. The maximum Gasteiger partial charge on any atom is 0.410 e. The lowest BCUT2D eigenvalue weighted by atomic mass is 9.95. The standard InChI is InChI=1S/C33H44ClFN8O2/c1-10-21(41(8)9)14-36-31-38-29-22(13-24(34)27(28(29)35)26-18(2)11-12-25-23(26)15-37-40-25)30(39-31)42-16-20(4)43(17-19(42)3)32(44)45-33(5,6)7/h11-13,15,19-21H,10,14,16-17H2,1-9H3,(H,37,40)(H,36,38,39)/t19-,20+,21?/m0/s1. The van der Waals surface area contributed by atoms with E-state index in [-0.39, 0.29) is 40.3 Å². The number of aromatic nitrogens is 4. The quantitative estimate of drug-likeness (QED) is 0.226. The minimum atomic E-state index is -0.603. The molecule has 2 aromatic heterocycles. The van der Waals surface area contributed by atoms with Crippen molar-refractivity contribution in [3.8, 4) is 11.1 Å². The summed E-state index contributed by atoms with van der Waals surface area (Å²) in [7, 11) is 4.06. The van der Waals surface area contributed by atoms with Crippen molar-refractivity contribution in [2.75, 3.05) is 43.9 Å². The number of aromatic amines is 1. The molecule has 1 saturated heterocycles. The van der Waals surface area contributed by atoms with Crippen molar-refractivity contribution < 1.29 is 13.9 Å². The predicted molar refractivity (Wildman–Crippen MR) is 180 cm³/mol. The summed E-state index contributed by atoms with van der Waals surface area (Å²) in [6.07, 6.45) is 2.26. The van der Waals surface area contributed by atoms with E-state index < -0.39 is 11.4 Å². The van der Waals surface area contributed by atoms with E-state index >= 15 is 4.39 Å². The Hall–Kier alpha value is -3.70. The zero-order chi connectivity index (χ0) is 32.8. The van der Waals surface area contributed by atoms with E-state index in [1.165, 1.54) is 0 Å². The lowest BCUT2D eigenvalue weighted by molar-refractivity contribution is 0.0130. The number of likely N-dealkylation sites (N-methyl/N-ethyl adjacent to an activating group) is 1. The summed E-state index contributed by atoms with van der Waals surface area (Å²) >= 11 is 6.95. The number of carbonyl (C=O) groups excluding carboxylic acids is 1. The van der Waals surface area contributed by atoms with Gasteiger partial charge in [0.25, 0.3) is 0 Å². The van der Waals surface area contributed by atoms with Crippen LogP contribution >= 0.6 is 11.6 Å². The number of nitrogens with one attached hydrogen (secondary N) is 2. The number of anilines is 2. The number of amides is 1. The van der Waals surface area contributed by atoms with Gasteiger partial charge in [0.1, 0.15) is 16.9 Å². The number of hydrogen-bond acceptors (Lipinski definition) is 8. The summed E-state index contributed by atoms with van der Waals surface area (Å²) < 4.78 is 22.6. The molecular weight excluding hydrogens is 595 g/mol. The molecule has 10 nitrogen and oxygen atoms in total. The molecule has 1 aliphatic rings. The Bertz CT molecular complexity index is 1720. The summed E-state index contributed by atoms with van der Waals surface area (Å²) in [5.74, 6) is 0.376. The van der Waals surface area contributed by atoms with Crippen molar-refractivity contribution >= 4 is 51.3 Å². The normalized spacial score (nSPS) is 18.2. The van der Waals surface area contributed by atoms with Crippen LogP contribution in [0.2, 0.25) is 5.02 Å². The van der Waals surface area contributed by atoms with Crippen molar-refractivity contribution in [2.45, 2.75) is 78.6 Å². The van der Waals surface area contributed by atoms with E-state index in [2.05, 4.69) is 32.2 Å². The Balaban J connectivity index is 1.64. The second-order valence-electron chi connectivity index (χ2n) is 13.3. The molecule has 1 unspecified atom stereocenters. The Kier molecular flexibility index (Phi) is 9.15. The van der Waals surface area contributed by atoms with Gasteiger partial charge in [-0.15, -0.1) is 0 Å². The van der Waals surface area contributed by atoms with E-state index in [0.29, 0.717) is 42.4 Å². The van der Waals surface area contributed by atoms with Crippen LogP contribution in [0.3, 0.4) is 0 Å². The Morgan fingerprint density at radius 1 is 1.18 bits per heavy atom. The van der Waals surface area contributed by atoms with Crippen molar-refractivity contribution in [3.05, 3.63) is 40.8 Å². The van der Waals surface area contributed by atoms with Gasteiger partial charge in [-0.3, -0.25) is 5.10 Å². The highest BCUT2D eigenvalue weighted by Crippen LogP contribution is 2.42. The number of nitrogens with zero attached hydrogens (tertiary/aromatic N) is 6. The van der Waals surface area contributed by atoms with E-state index in [9.17, 15) is 4.79 Å². The fourth-order valence-electron chi connectivity index (χ4n) is 6.06. The van der Waals surface area contributed by atoms with Crippen LogP contribution in [0.15, 0.2) is 24.4 Å². The first kappa shape index (κ1) is 32.7. The first-order valence-corrected chi connectivity index (χ1v) is 15.9. The van der Waals surface area contributed by atoms with Crippen molar-refractivity contribution in [1.29, 1.82) is 0 Å². The summed E-state index contributed by atoms with van der Waals surface area (Å²) in [5.41, 5.74) is 2.18. The van der Waals surface area contributed by atoms with Crippen LogP contribution in [0, 0.1) is 12.7 Å². The number of H-pyrrole nitrogens is 1. The summed E-state index contributed by atoms with van der Waals surface area (Å²) in [5, 5.41) is 12.1. The Morgan fingerprint density at radius 3 is 2.58 bits per heavy atom. The molecule has 0 spiro atoms. The number of piperazine rings is 1. The molecule has 3 heterocycles. The number of fused-ring (bicyclic) bond motifs is 2. The van der Waals surface area contributed by atoms with Gasteiger partial charge in [0.15, 0.2) is 5.82 Å². The second-order valence-corrected chi connectivity index (χ2v) is 13.7. The first-order valence-electron chi connectivity index (χ1n) is 15.5. The van der Waals surface area contributed by atoms with Crippen molar-refractivity contribution in [3.63, 3.8) is 0 Å². The lowest BCUT2D eigenvalue weighted by Crippen LogP contribution is -2.59. The zero-order valence-electron chi connectivity index (χ0n) is 27.6. The van der Waals surface area contributed by atoms with Crippen LogP contribution in [-0.4, -0.2) is 93.5 Å². The van der Waals surface area contributed by atoms with Crippen molar-refractivity contribution in [1.82, 2.24) is 30.0 Å². The fourth-order valence-corrected chi connectivity index (χ4v) is 6.35. The molecule has 0 aliphatic carbocycles. The summed E-state index contributed by atoms with van der Waals surface area (Å²) in [6.45, 7) is 15.1. The highest BCUT2D eigenvalue weighted by atomic mass is 35.5. The molecule has 242 valence electrons. The molecule has 0 bridgehead atoms. The number of hydrogen-bond donors (Lipinski definition) is 2. The highest BCUT2D eigenvalue weighted by molar-refractivity contribution is 6.35. The van der Waals surface area contributed by atoms with E-state index in [1.807, 2.05) is 67.8 Å². The number of aryl methyl sites for hydroxylation is 1. The van der Waals surface area contributed by atoms with E-state index in [0.717, 1.165) is 22.9 Å². The SMILES string of the molecule is CCC(CNc1nc(N2C[C@@H](C)N(C(=O)OC(C)(C)C)C[C@@H]2C)c2cc(Cl)c(-c3c(C)ccc4[nH]ncc34)c(F)c2n1)N(C)C. The predicted octanol–water partition coefficient (Wildman–Crippen LogP) is 6.86.